The van der Waals surface area contributed by atoms with Gasteiger partial charge in [0.25, 0.3) is 0 Å². The fourth-order valence-electron chi connectivity index (χ4n) is 10.2. The van der Waals surface area contributed by atoms with Gasteiger partial charge in [-0.3, -0.25) is 32.5 Å². The highest BCUT2D eigenvalue weighted by atomic mass is 31.2. The number of ether oxygens (including phenoxy) is 10. The van der Waals surface area contributed by atoms with Gasteiger partial charge in [0, 0.05) is 70.8 Å². The van der Waals surface area contributed by atoms with E-state index in [1.54, 1.807) is 35.5 Å². The maximum Gasteiger partial charge on any atom is 0.406 e. The van der Waals surface area contributed by atoms with E-state index < -0.39 is 51.9 Å². The molecule has 1 fully saturated rings. The van der Waals surface area contributed by atoms with E-state index in [1.165, 1.54) is 0 Å². The Morgan fingerprint density at radius 3 is 1.56 bits per heavy atom. The molecule has 4 N–H and O–H groups in total. The van der Waals surface area contributed by atoms with Gasteiger partial charge in [0.1, 0.15) is 23.9 Å². The van der Waals surface area contributed by atoms with E-state index in [0.717, 1.165) is 58.6 Å². The van der Waals surface area contributed by atoms with Crippen LogP contribution in [0.25, 0.3) is 0 Å². The molecule has 26 heteroatoms. The number of unbranched alkanes of at least 4 members (excludes halogenated alkanes) is 1. The number of methoxy groups -OCH3 is 5. The first-order valence-electron chi connectivity index (χ1n) is 34.9. The van der Waals surface area contributed by atoms with Gasteiger partial charge in [-0.1, -0.05) is 104 Å². The average molecular weight is 1480 g/mol. The van der Waals surface area contributed by atoms with E-state index in [9.17, 15) is 13.7 Å². The summed E-state index contributed by atoms with van der Waals surface area (Å²) in [6, 6.07) is 43.9. The molecule has 0 spiro atoms. The highest BCUT2D eigenvalue weighted by Gasteiger charge is 2.38. The first-order chi connectivity index (χ1) is 47.8. The Morgan fingerprint density at radius 2 is 1.04 bits per heavy atom. The minimum atomic E-state index is -3.50. The van der Waals surface area contributed by atoms with E-state index in [1.807, 2.05) is 170 Å². The lowest BCUT2D eigenvalue weighted by atomic mass is 9.77. The van der Waals surface area contributed by atoms with Gasteiger partial charge < -0.3 is 47.4 Å². The van der Waals surface area contributed by atoms with Crippen molar-refractivity contribution in [2.75, 3.05) is 115 Å². The molecule has 7 unspecified atom stereocenters. The van der Waals surface area contributed by atoms with Crippen LogP contribution < -0.4 is 34.8 Å². The zero-order chi connectivity index (χ0) is 74.6. The first kappa shape index (κ1) is 88.9. The predicted molar refractivity (Wildman–Crippen MR) is 398 cm³/mol. The Hall–Kier alpha value is -4.49. The third kappa shape index (κ3) is 34.5. The van der Waals surface area contributed by atoms with Gasteiger partial charge in [0.05, 0.1) is 88.9 Å². The van der Waals surface area contributed by atoms with Crippen LogP contribution in [-0.2, 0) is 79.5 Å². The molecule has 101 heavy (non-hydrogen) atoms. The lowest BCUT2D eigenvalue weighted by Gasteiger charge is -2.37. The predicted octanol–water partition coefficient (Wildman–Crippen LogP) is 16.3. The van der Waals surface area contributed by atoms with Crippen molar-refractivity contribution in [3.8, 4) is 17.2 Å². The number of hydrogen-bond acceptors (Lipinski definition) is 20. The van der Waals surface area contributed by atoms with E-state index >= 15 is 0 Å². The summed E-state index contributed by atoms with van der Waals surface area (Å²) < 4.78 is 129. The van der Waals surface area contributed by atoms with Gasteiger partial charge >= 0.3 is 23.2 Å². The van der Waals surface area contributed by atoms with Crippen LogP contribution in [0.3, 0.4) is 0 Å². The molecule has 0 radical (unpaired) electrons. The van der Waals surface area contributed by atoms with Crippen LogP contribution in [0.1, 0.15) is 163 Å². The second-order valence-electron chi connectivity index (χ2n) is 27.5. The van der Waals surface area contributed by atoms with Crippen molar-refractivity contribution < 1.29 is 88.2 Å². The van der Waals surface area contributed by atoms with E-state index in [-0.39, 0.29) is 56.8 Å². The van der Waals surface area contributed by atoms with Crippen molar-refractivity contribution >= 4 is 23.2 Å². The van der Waals surface area contributed by atoms with Crippen molar-refractivity contribution in [3.05, 3.63) is 161 Å². The zero-order valence-electron chi connectivity index (χ0n) is 63.6. The van der Waals surface area contributed by atoms with Gasteiger partial charge in [0.15, 0.2) is 12.6 Å². The summed E-state index contributed by atoms with van der Waals surface area (Å²) in [4.78, 5) is 0. The van der Waals surface area contributed by atoms with Crippen LogP contribution in [0.5, 0.6) is 17.2 Å². The molecule has 5 aromatic rings. The largest absolute Gasteiger partial charge is 0.497 e. The lowest BCUT2D eigenvalue weighted by Crippen LogP contribution is -2.46. The van der Waals surface area contributed by atoms with E-state index in [2.05, 4.69) is 81.2 Å². The molecule has 0 aromatic heterocycles. The monoisotopic (exact) mass is 1470 g/mol. The quantitative estimate of drug-likeness (QED) is 0.0122. The topological polar surface area (TPSA) is 247 Å². The van der Waals surface area contributed by atoms with Gasteiger partial charge in [-0.15, -0.1) is 0 Å². The Morgan fingerprint density at radius 1 is 0.535 bits per heavy atom. The minimum Gasteiger partial charge on any atom is -0.497 e. The molecule has 570 valence electrons. The second-order valence-corrected chi connectivity index (χ2v) is 32.6. The lowest BCUT2D eigenvalue weighted by molar-refractivity contribution is -0.106. The molecule has 0 bridgehead atoms. The van der Waals surface area contributed by atoms with Crippen LogP contribution in [-0.4, -0.2) is 150 Å². The minimum absolute atomic E-state index is 0.0342. The highest BCUT2D eigenvalue weighted by molar-refractivity contribution is 7.52. The maximum absolute atomic E-state index is 13.2. The fourth-order valence-corrected chi connectivity index (χ4v) is 15.8. The molecule has 1 heterocycles. The van der Waals surface area contributed by atoms with Crippen molar-refractivity contribution in [3.63, 3.8) is 0 Å². The van der Waals surface area contributed by atoms with Crippen LogP contribution in [0, 0.1) is 5.92 Å². The molecule has 0 aliphatic carbocycles. The molecule has 5 aromatic carbocycles. The molecule has 1 saturated heterocycles. The standard InChI is InChI=1S/C31H43N2O5P.C23H40NO7P.C21H38NO7P/c1-25(2)33-39(34,38-30(3,4)5)37-24-23-36-22-21-32-31(26-13-9-7-10-14-26,27-15-11-8-12-16-27)28-17-19-29(35-6)20-18-28;1-18(14-16-26-5)24-32(25,31-23(2,3)4)29-15-8-7-9-21-17-28-22(30-21)19-10-12-20(27-6)13-11-19;1-8-26-16-17(2)15-22-30(23,29-21(3,4)5)28-14-13-27-19-11-9-18(10-12-19)20(24-6)25-7/h7-20,25,32H,21-24H2,1-6H3,(H,33,34);10-13,18,21-22H,7-9,14-17H2,1-6H3,(H,24,25);9-12,17,20H,8,13-16H2,1-7H3,(H,22,23). The first-order valence-corrected chi connectivity index (χ1v) is 39.5. The molecule has 23 nitrogen and oxygen atoms in total. The summed E-state index contributed by atoms with van der Waals surface area (Å²) in [5.41, 5.74) is 2.76. The van der Waals surface area contributed by atoms with Gasteiger partial charge in [-0.05, 0) is 175 Å². The summed E-state index contributed by atoms with van der Waals surface area (Å²) in [6.45, 7) is 31.2. The molecular weight excluding hydrogens is 1350 g/mol. The summed E-state index contributed by atoms with van der Waals surface area (Å²) in [7, 11) is -2.27. The summed E-state index contributed by atoms with van der Waals surface area (Å²) in [5.74, 6) is 2.44. The summed E-state index contributed by atoms with van der Waals surface area (Å²) in [5, 5.41) is 12.7. The van der Waals surface area contributed by atoms with Gasteiger partial charge in [-0.2, -0.15) is 0 Å². The summed E-state index contributed by atoms with van der Waals surface area (Å²) in [6.07, 6.45) is 2.45. The zero-order valence-corrected chi connectivity index (χ0v) is 66.3. The van der Waals surface area contributed by atoms with Crippen LogP contribution in [0.15, 0.2) is 133 Å². The van der Waals surface area contributed by atoms with Gasteiger partial charge in [-0.25, -0.2) is 29.0 Å². The third-order valence-electron chi connectivity index (χ3n) is 14.5. The summed E-state index contributed by atoms with van der Waals surface area (Å²) >= 11 is 0. The van der Waals surface area contributed by atoms with Crippen LogP contribution in [0.4, 0.5) is 0 Å². The Kier molecular flexibility index (Phi) is 39.7. The smallest absolute Gasteiger partial charge is 0.406 e. The Bertz CT molecular complexity index is 3110. The highest BCUT2D eigenvalue weighted by Crippen LogP contribution is 2.50. The molecular formula is C75H121N4O19P3. The van der Waals surface area contributed by atoms with Gasteiger partial charge in [0.2, 0.25) is 0 Å². The molecule has 1 aliphatic heterocycles. The fraction of sp³-hybridized carbons (Fsp3) is 0.600. The second kappa shape index (κ2) is 45.1. The van der Waals surface area contributed by atoms with Crippen LogP contribution >= 0.6 is 23.2 Å². The molecule has 7 atom stereocenters. The maximum atomic E-state index is 13.2. The molecule has 0 saturated carbocycles. The van der Waals surface area contributed by atoms with E-state index in [0.29, 0.717) is 64.9 Å². The number of hydrogen-bond donors (Lipinski definition) is 4. The normalized spacial score (nSPS) is 16.8. The van der Waals surface area contributed by atoms with E-state index in [4.69, 9.17) is 74.5 Å². The molecule has 6 rings (SSSR count). The molecule has 0 amide bonds. The average Bonchev–Trinajstić information content (AvgIpc) is 1.01. The van der Waals surface area contributed by atoms with Crippen molar-refractivity contribution in [1.29, 1.82) is 0 Å². The Balaban J connectivity index is 0.000000325. The number of nitrogens with one attached hydrogen (secondary N) is 4. The third-order valence-corrected chi connectivity index (χ3v) is 20.6. The molecule has 1 aliphatic rings. The number of rotatable bonds is 44. The van der Waals surface area contributed by atoms with Crippen molar-refractivity contribution in [1.82, 2.24) is 20.6 Å². The Labute approximate surface area is 604 Å². The number of benzene rings is 5. The van der Waals surface area contributed by atoms with Crippen LogP contribution in [0.2, 0.25) is 0 Å². The SMILES string of the molecule is CCOCC(C)CNP(=O)(OCCOc1ccc(C(OC)OC)cc1)OC(C)(C)C.COCCC(C)NP(=O)(OCCCCC1COC(c2ccc(OC)cc2)O1)OC(C)(C)C.COc1ccc(C(NCCOCCOP(=O)(NC(C)C)OC(C)(C)C)(c2ccccc2)c2ccccc2)cc1. The van der Waals surface area contributed by atoms with Crippen molar-refractivity contribution in [2.24, 2.45) is 5.92 Å². The van der Waals surface area contributed by atoms with Crippen molar-refractivity contribution in [2.45, 2.75) is 176 Å².